The Kier molecular flexibility index (Phi) is 7.85. The van der Waals surface area contributed by atoms with Crippen LogP contribution in [0.5, 0.6) is 0 Å². The molecule has 0 aliphatic heterocycles. The number of aliphatic hydroxyl groups excluding tert-OH is 1. The van der Waals surface area contributed by atoms with E-state index in [2.05, 4.69) is 34.6 Å². The summed E-state index contributed by atoms with van der Waals surface area (Å²) in [5.41, 5.74) is 1.05. The Morgan fingerprint density at radius 2 is 1.73 bits per heavy atom. The van der Waals surface area contributed by atoms with Gasteiger partial charge in [0, 0.05) is 11.8 Å². The second kappa shape index (κ2) is 10.7. The van der Waals surface area contributed by atoms with E-state index in [0.717, 1.165) is 36.0 Å². The van der Waals surface area contributed by atoms with Crippen molar-refractivity contribution in [2.24, 2.45) is 52.3 Å². The normalized spacial score (nSPS) is 42.0. The molecule has 1 aromatic rings. The predicted octanol–water partition coefficient (Wildman–Crippen LogP) is 8.30. The van der Waals surface area contributed by atoms with E-state index in [4.69, 9.17) is 4.74 Å². The van der Waals surface area contributed by atoms with Gasteiger partial charge in [0.1, 0.15) is 6.10 Å². The minimum Gasteiger partial charge on any atom is -0.458 e. The summed E-state index contributed by atoms with van der Waals surface area (Å²) < 4.78 is 6.33. The Hall–Kier alpha value is -1.35. The summed E-state index contributed by atoms with van der Waals surface area (Å²) in [6, 6.07) is 9.42. The zero-order valence-corrected chi connectivity index (χ0v) is 24.1. The van der Waals surface area contributed by atoms with Crippen LogP contribution in [0, 0.1) is 52.3 Å². The van der Waals surface area contributed by atoms with Crippen molar-refractivity contribution in [2.75, 3.05) is 0 Å². The highest BCUT2D eigenvalue weighted by Gasteiger charge is 2.63. The van der Waals surface area contributed by atoms with Crippen molar-refractivity contribution in [1.29, 1.82) is 0 Å². The SMILES string of the molecule is CC(C)CCC[C@@H](C)[C@H]1CC[C@H]2[C@H]3CC[C@@H]4C[C@H](O)CC(OC(=O)c5ccccc5)[C@]4(C)[C@H]3CC[C@]12C. The maximum atomic E-state index is 13.2. The second-order valence-corrected chi connectivity index (χ2v) is 14.4. The average molecular weight is 509 g/mol. The molecule has 0 aromatic heterocycles. The molecule has 206 valence electrons. The summed E-state index contributed by atoms with van der Waals surface area (Å²) in [4.78, 5) is 13.2. The van der Waals surface area contributed by atoms with Gasteiger partial charge in [0.2, 0.25) is 0 Å². The predicted molar refractivity (Wildman–Crippen MR) is 150 cm³/mol. The Labute approximate surface area is 226 Å². The summed E-state index contributed by atoms with van der Waals surface area (Å²) in [6.07, 6.45) is 12.9. The molecule has 0 amide bonds. The van der Waals surface area contributed by atoms with Gasteiger partial charge < -0.3 is 9.84 Å². The zero-order chi connectivity index (χ0) is 26.4. The number of rotatable bonds is 7. The van der Waals surface area contributed by atoms with Crippen LogP contribution in [0.4, 0.5) is 0 Å². The first-order valence-corrected chi connectivity index (χ1v) is 15.6. The van der Waals surface area contributed by atoms with E-state index < -0.39 is 0 Å². The Morgan fingerprint density at radius 3 is 2.46 bits per heavy atom. The van der Waals surface area contributed by atoms with Crippen LogP contribution in [-0.2, 0) is 4.74 Å². The van der Waals surface area contributed by atoms with E-state index >= 15 is 0 Å². The molecule has 1 N–H and O–H groups in total. The maximum Gasteiger partial charge on any atom is 0.338 e. The number of ether oxygens (including phenoxy) is 1. The fourth-order valence-electron chi connectivity index (χ4n) is 10.2. The summed E-state index contributed by atoms with van der Waals surface area (Å²) in [5.74, 6) is 4.85. The summed E-state index contributed by atoms with van der Waals surface area (Å²) in [5, 5.41) is 10.8. The van der Waals surface area contributed by atoms with Crippen LogP contribution in [0.15, 0.2) is 30.3 Å². The van der Waals surface area contributed by atoms with Gasteiger partial charge in [-0.2, -0.15) is 0 Å². The molecule has 4 fully saturated rings. The molecule has 1 unspecified atom stereocenters. The lowest BCUT2D eigenvalue weighted by atomic mass is 9.43. The molecule has 5 rings (SSSR count). The second-order valence-electron chi connectivity index (χ2n) is 14.4. The molecule has 0 saturated heterocycles. The lowest BCUT2D eigenvalue weighted by Crippen LogP contribution is -2.60. The fraction of sp³-hybridized carbons (Fsp3) is 0.794. The number of benzene rings is 1. The largest absolute Gasteiger partial charge is 0.458 e. The zero-order valence-electron chi connectivity index (χ0n) is 24.1. The Bertz CT molecular complexity index is 926. The van der Waals surface area contributed by atoms with Crippen molar-refractivity contribution in [3.05, 3.63) is 35.9 Å². The van der Waals surface area contributed by atoms with Gasteiger partial charge in [-0.05, 0) is 104 Å². The molecule has 37 heavy (non-hydrogen) atoms. The third-order valence-corrected chi connectivity index (χ3v) is 12.2. The van der Waals surface area contributed by atoms with E-state index in [0.29, 0.717) is 29.2 Å². The summed E-state index contributed by atoms with van der Waals surface area (Å²) in [7, 11) is 0. The van der Waals surface area contributed by atoms with Crippen molar-refractivity contribution < 1.29 is 14.6 Å². The monoisotopic (exact) mass is 508 g/mol. The van der Waals surface area contributed by atoms with Crippen LogP contribution in [0.1, 0.15) is 116 Å². The van der Waals surface area contributed by atoms with E-state index in [1.54, 1.807) is 0 Å². The van der Waals surface area contributed by atoms with E-state index in [1.165, 1.54) is 57.8 Å². The van der Waals surface area contributed by atoms with Crippen molar-refractivity contribution in [3.8, 4) is 0 Å². The Balaban J connectivity index is 1.35. The molecular weight excluding hydrogens is 456 g/mol. The minimum atomic E-state index is -0.361. The van der Waals surface area contributed by atoms with Crippen LogP contribution in [0.2, 0.25) is 0 Å². The molecule has 0 bridgehead atoms. The molecular formula is C34H52O3. The number of aliphatic hydroxyl groups is 1. The average Bonchev–Trinajstić information content (AvgIpc) is 3.22. The number of carbonyl (C=O) groups is 1. The molecule has 1 aromatic carbocycles. The molecule has 4 saturated carbocycles. The number of esters is 1. The first-order chi connectivity index (χ1) is 17.6. The van der Waals surface area contributed by atoms with Gasteiger partial charge in [-0.15, -0.1) is 0 Å². The Morgan fingerprint density at radius 1 is 0.973 bits per heavy atom. The minimum absolute atomic E-state index is 0.0329. The molecule has 0 heterocycles. The highest BCUT2D eigenvalue weighted by atomic mass is 16.5. The van der Waals surface area contributed by atoms with Gasteiger partial charge in [0.05, 0.1) is 11.7 Å². The van der Waals surface area contributed by atoms with Crippen LogP contribution < -0.4 is 0 Å². The molecule has 10 atom stereocenters. The van der Waals surface area contributed by atoms with Crippen molar-refractivity contribution in [2.45, 2.75) is 117 Å². The molecule has 0 radical (unpaired) electrons. The number of hydrogen-bond acceptors (Lipinski definition) is 3. The van der Waals surface area contributed by atoms with Gasteiger partial charge in [-0.25, -0.2) is 4.79 Å². The fourth-order valence-corrected chi connectivity index (χ4v) is 10.2. The van der Waals surface area contributed by atoms with Gasteiger partial charge in [0.15, 0.2) is 0 Å². The lowest BCUT2D eigenvalue weighted by molar-refractivity contribution is -0.183. The van der Waals surface area contributed by atoms with Crippen LogP contribution in [-0.4, -0.2) is 23.3 Å². The number of hydrogen-bond donors (Lipinski definition) is 1. The number of fused-ring (bicyclic) bond motifs is 5. The third-order valence-electron chi connectivity index (χ3n) is 12.2. The van der Waals surface area contributed by atoms with Crippen molar-refractivity contribution in [3.63, 3.8) is 0 Å². The lowest BCUT2D eigenvalue weighted by Gasteiger charge is -2.62. The molecule has 4 aliphatic rings. The smallest absolute Gasteiger partial charge is 0.338 e. The first kappa shape index (κ1) is 27.2. The summed E-state index contributed by atoms with van der Waals surface area (Å²) in [6.45, 7) is 12.3. The maximum absolute atomic E-state index is 13.2. The van der Waals surface area contributed by atoms with E-state index in [1.807, 2.05) is 30.3 Å². The molecule has 3 heteroatoms. The van der Waals surface area contributed by atoms with Crippen molar-refractivity contribution >= 4 is 5.97 Å². The molecule has 0 spiro atoms. The van der Waals surface area contributed by atoms with Gasteiger partial charge in [-0.3, -0.25) is 0 Å². The quantitative estimate of drug-likeness (QED) is 0.377. The molecule has 3 nitrogen and oxygen atoms in total. The molecule has 4 aliphatic carbocycles. The van der Waals surface area contributed by atoms with Crippen LogP contribution in [0.3, 0.4) is 0 Å². The highest BCUT2D eigenvalue weighted by Crippen LogP contribution is 2.68. The van der Waals surface area contributed by atoms with E-state index in [9.17, 15) is 9.90 Å². The van der Waals surface area contributed by atoms with Gasteiger partial charge in [0.25, 0.3) is 0 Å². The van der Waals surface area contributed by atoms with Crippen LogP contribution >= 0.6 is 0 Å². The standard InChI is InChI=1S/C34H52O3/c1-22(2)10-9-11-23(3)28-16-17-29-27-15-14-25-20-26(35)21-31(37-32(36)24-12-7-6-8-13-24)34(25,5)30(27)18-19-33(28,29)4/h6-8,12-13,22-23,25-31,35H,9-11,14-21H2,1-5H3/t23-,25-,26+,27-,28-,29+,30+,31?,33-,34+/m1/s1. The third kappa shape index (κ3) is 4.92. The number of carbonyl (C=O) groups excluding carboxylic acids is 1. The van der Waals surface area contributed by atoms with Crippen molar-refractivity contribution in [1.82, 2.24) is 0 Å². The van der Waals surface area contributed by atoms with E-state index in [-0.39, 0.29) is 23.6 Å². The van der Waals surface area contributed by atoms with Gasteiger partial charge in [-0.1, -0.05) is 72.1 Å². The van der Waals surface area contributed by atoms with Gasteiger partial charge >= 0.3 is 5.97 Å². The summed E-state index contributed by atoms with van der Waals surface area (Å²) >= 11 is 0. The first-order valence-electron chi connectivity index (χ1n) is 15.6. The topological polar surface area (TPSA) is 46.5 Å². The highest BCUT2D eigenvalue weighted by molar-refractivity contribution is 5.89. The van der Waals surface area contributed by atoms with Crippen LogP contribution in [0.25, 0.3) is 0 Å².